The van der Waals surface area contributed by atoms with Crippen molar-refractivity contribution in [2.75, 3.05) is 40.8 Å². The molecule has 0 bridgehead atoms. The zero-order valence-corrected chi connectivity index (χ0v) is 21.8. The largest absolute Gasteiger partial charge is 0.348 e. The Kier molecular flexibility index (Phi) is 6.14. The molecule has 1 atom stereocenters. The first kappa shape index (κ1) is 24.7. The number of sulfone groups is 1. The number of nitrogens with one attached hydrogen (secondary N) is 2. The third-order valence-corrected chi connectivity index (χ3v) is 7.21. The number of rotatable bonds is 6. The highest BCUT2D eigenvalue weighted by atomic mass is 32.2. The smallest absolute Gasteiger partial charge is 0.229 e. The van der Waals surface area contributed by atoms with Gasteiger partial charge in [0.15, 0.2) is 15.6 Å². The van der Waals surface area contributed by atoms with E-state index in [1.807, 2.05) is 43.3 Å². The SMILES string of the molecule is CN(c1ccc2c(c1)NC(N)(C(C)(C)C)N2C)c1ccnc(Nc2ccc(CS(C)(=O)=O)cc2)n1. The lowest BCUT2D eigenvalue weighted by Gasteiger charge is -2.44. The summed E-state index contributed by atoms with van der Waals surface area (Å²) < 4.78 is 23.0. The van der Waals surface area contributed by atoms with Gasteiger partial charge in [-0.15, -0.1) is 0 Å². The second-order valence-electron chi connectivity index (χ2n) is 10.1. The highest BCUT2D eigenvalue weighted by Crippen LogP contribution is 2.45. The minimum Gasteiger partial charge on any atom is -0.348 e. The number of aromatic nitrogens is 2. The molecule has 0 amide bonds. The topological polar surface area (TPSA) is 116 Å². The predicted molar refractivity (Wildman–Crippen MR) is 143 cm³/mol. The van der Waals surface area contributed by atoms with Crippen molar-refractivity contribution in [3.63, 3.8) is 0 Å². The fourth-order valence-corrected chi connectivity index (χ4v) is 4.94. The molecule has 2 aromatic carbocycles. The van der Waals surface area contributed by atoms with Crippen LogP contribution >= 0.6 is 0 Å². The molecule has 4 rings (SSSR count). The van der Waals surface area contributed by atoms with E-state index < -0.39 is 15.6 Å². The van der Waals surface area contributed by atoms with Crippen molar-refractivity contribution < 1.29 is 8.42 Å². The van der Waals surface area contributed by atoms with Gasteiger partial charge in [0.2, 0.25) is 5.95 Å². The number of hydrogen-bond donors (Lipinski definition) is 3. The average molecular weight is 496 g/mol. The molecule has 3 aromatic rings. The van der Waals surface area contributed by atoms with Crippen LogP contribution in [0.3, 0.4) is 0 Å². The quantitative estimate of drug-likeness (QED) is 0.465. The number of benzene rings is 2. The Morgan fingerprint density at radius 1 is 1.14 bits per heavy atom. The Labute approximate surface area is 207 Å². The molecule has 0 fully saturated rings. The molecule has 2 heterocycles. The van der Waals surface area contributed by atoms with Gasteiger partial charge in [-0.05, 0) is 42.0 Å². The van der Waals surface area contributed by atoms with Crippen LogP contribution < -0.4 is 26.2 Å². The van der Waals surface area contributed by atoms with Crippen LogP contribution in [0, 0.1) is 5.41 Å². The van der Waals surface area contributed by atoms with Gasteiger partial charge in [-0.1, -0.05) is 32.9 Å². The van der Waals surface area contributed by atoms with E-state index in [-0.39, 0.29) is 11.2 Å². The summed E-state index contributed by atoms with van der Waals surface area (Å²) in [5.74, 6) is 0.474. The van der Waals surface area contributed by atoms with E-state index in [1.54, 1.807) is 18.3 Å². The molecule has 10 heteroatoms. The van der Waals surface area contributed by atoms with Crippen LogP contribution in [0.4, 0.5) is 34.5 Å². The zero-order chi connectivity index (χ0) is 25.6. The van der Waals surface area contributed by atoms with Crippen molar-refractivity contribution in [3.05, 3.63) is 60.3 Å². The second kappa shape index (κ2) is 8.69. The first-order valence-electron chi connectivity index (χ1n) is 11.3. The van der Waals surface area contributed by atoms with Gasteiger partial charge in [0.25, 0.3) is 0 Å². The third-order valence-electron chi connectivity index (χ3n) is 6.35. The summed E-state index contributed by atoms with van der Waals surface area (Å²) in [4.78, 5) is 13.0. The first-order chi connectivity index (χ1) is 16.3. The monoisotopic (exact) mass is 495 g/mol. The van der Waals surface area contributed by atoms with Crippen LogP contribution in [-0.2, 0) is 15.6 Å². The standard InChI is InChI=1S/C25H33N7O2S/c1-24(2,3)25(26)30-20-15-19(11-12-21(20)32(25)5)31(4)22-13-14-27-23(29-22)28-18-9-7-17(8-10-18)16-35(6,33)34/h7-15,30H,16,26H2,1-6H3,(H,27,28,29). The normalized spacial score (nSPS) is 17.6. The summed E-state index contributed by atoms with van der Waals surface area (Å²) in [6, 6.07) is 15.2. The van der Waals surface area contributed by atoms with Crippen LogP contribution in [0.5, 0.6) is 0 Å². The van der Waals surface area contributed by atoms with Crippen molar-refractivity contribution in [1.29, 1.82) is 0 Å². The fraction of sp³-hybridized carbons (Fsp3) is 0.360. The number of nitrogens with two attached hydrogens (primary N) is 1. The summed E-state index contributed by atoms with van der Waals surface area (Å²) >= 11 is 0. The second-order valence-corrected chi connectivity index (χ2v) is 12.2. The third kappa shape index (κ3) is 5.03. The molecule has 0 saturated heterocycles. The average Bonchev–Trinajstić information content (AvgIpc) is 3.04. The van der Waals surface area contributed by atoms with Crippen LogP contribution in [0.15, 0.2) is 54.7 Å². The Morgan fingerprint density at radius 2 is 1.83 bits per heavy atom. The highest BCUT2D eigenvalue weighted by molar-refractivity contribution is 7.89. The molecule has 0 aliphatic carbocycles. The van der Waals surface area contributed by atoms with E-state index in [4.69, 9.17) is 5.73 Å². The van der Waals surface area contributed by atoms with Gasteiger partial charge in [0, 0.05) is 43.3 Å². The number of anilines is 6. The molecule has 1 aliphatic heterocycles. The minimum atomic E-state index is -3.08. The summed E-state index contributed by atoms with van der Waals surface area (Å²) in [7, 11) is 0.878. The molecule has 0 saturated carbocycles. The Balaban J connectivity index is 1.52. The summed E-state index contributed by atoms with van der Waals surface area (Å²) in [6.07, 6.45) is 2.92. The maximum absolute atomic E-state index is 11.5. The maximum atomic E-state index is 11.5. The van der Waals surface area contributed by atoms with Crippen molar-refractivity contribution in [1.82, 2.24) is 9.97 Å². The van der Waals surface area contributed by atoms with Crippen LogP contribution in [-0.4, -0.2) is 44.5 Å². The predicted octanol–water partition coefficient (Wildman–Crippen LogP) is 4.05. The summed E-state index contributed by atoms with van der Waals surface area (Å²) in [5, 5.41) is 6.69. The number of hydrogen-bond acceptors (Lipinski definition) is 9. The molecule has 35 heavy (non-hydrogen) atoms. The van der Waals surface area contributed by atoms with Crippen molar-refractivity contribution >= 4 is 44.4 Å². The molecular formula is C25H33N7O2S. The molecule has 1 aromatic heterocycles. The van der Waals surface area contributed by atoms with E-state index in [2.05, 4.69) is 58.4 Å². The lowest BCUT2D eigenvalue weighted by atomic mass is 9.87. The van der Waals surface area contributed by atoms with Gasteiger partial charge < -0.3 is 20.4 Å². The molecule has 4 N–H and O–H groups in total. The fourth-order valence-electron chi connectivity index (χ4n) is 4.14. The Morgan fingerprint density at radius 3 is 2.46 bits per heavy atom. The van der Waals surface area contributed by atoms with Gasteiger partial charge >= 0.3 is 0 Å². The molecule has 0 radical (unpaired) electrons. The van der Waals surface area contributed by atoms with E-state index in [1.165, 1.54) is 6.26 Å². The van der Waals surface area contributed by atoms with Gasteiger partial charge in [-0.25, -0.2) is 13.4 Å². The molecule has 0 spiro atoms. The van der Waals surface area contributed by atoms with Crippen molar-refractivity contribution in [3.8, 4) is 0 Å². The van der Waals surface area contributed by atoms with Crippen molar-refractivity contribution in [2.24, 2.45) is 11.1 Å². The van der Waals surface area contributed by atoms with Crippen LogP contribution in [0.2, 0.25) is 0 Å². The lowest BCUT2D eigenvalue weighted by Crippen LogP contribution is -2.65. The molecular weight excluding hydrogens is 462 g/mol. The van der Waals surface area contributed by atoms with Crippen molar-refractivity contribution in [2.45, 2.75) is 32.3 Å². The molecule has 186 valence electrons. The Bertz CT molecular complexity index is 1340. The zero-order valence-electron chi connectivity index (χ0n) is 21.0. The van der Waals surface area contributed by atoms with Gasteiger partial charge in [-0.2, -0.15) is 4.98 Å². The minimum absolute atomic E-state index is 0.0104. The van der Waals surface area contributed by atoms with Gasteiger partial charge in [0.05, 0.1) is 17.1 Å². The Hall–Kier alpha value is -3.37. The van der Waals surface area contributed by atoms with E-state index in [9.17, 15) is 8.42 Å². The molecule has 1 aliphatic rings. The van der Waals surface area contributed by atoms with Crippen LogP contribution in [0.1, 0.15) is 26.3 Å². The first-order valence-corrected chi connectivity index (χ1v) is 13.4. The maximum Gasteiger partial charge on any atom is 0.229 e. The molecule has 9 nitrogen and oxygen atoms in total. The van der Waals surface area contributed by atoms with Gasteiger partial charge in [-0.3, -0.25) is 5.73 Å². The van der Waals surface area contributed by atoms with E-state index >= 15 is 0 Å². The lowest BCUT2D eigenvalue weighted by molar-refractivity contribution is 0.224. The van der Waals surface area contributed by atoms with E-state index in [0.29, 0.717) is 5.95 Å². The summed E-state index contributed by atoms with van der Waals surface area (Å²) in [6.45, 7) is 6.35. The highest BCUT2D eigenvalue weighted by Gasteiger charge is 2.47. The number of fused-ring (bicyclic) bond motifs is 1. The number of nitrogens with zero attached hydrogens (tertiary/aromatic N) is 4. The van der Waals surface area contributed by atoms with Gasteiger partial charge in [0.1, 0.15) is 5.82 Å². The van der Waals surface area contributed by atoms with Crippen LogP contribution in [0.25, 0.3) is 0 Å². The molecule has 1 unspecified atom stereocenters. The summed E-state index contributed by atoms with van der Waals surface area (Å²) in [5.41, 5.74) is 11.0. The van der Waals surface area contributed by atoms with E-state index in [0.717, 1.165) is 34.1 Å².